The molecule has 0 amide bonds. The minimum atomic E-state index is -1.35. The van der Waals surface area contributed by atoms with Crippen molar-refractivity contribution in [2.24, 2.45) is 0 Å². The highest BCUT2D eigenvalue weighted by molar-refractivity contribution is 5.87. The molecule has 0 unspecified atom stereocenters. The third-order valence-electron chi connectivity index (χ3n) is 4.15. The van der Waals surface area contributed by atoms with Crippen LogP contribution in [0.3, 0.4) is 0 Å². The summed E-state index contributed by atoms with van der Waals surface area (Å²) in [5.41, 5.74) is 2.13. The zero-order valence-corrected chi connectivity index (χ0v) is 15.0. The van der Waals surface area contributed by atoms with Gasteiger partial charge in [0, 0.05) is 19.8 Å². The third kappa shape index (κ3) is 3.18. The van der Waals surface area contributed by atoms with Crippen LogP contribution < -0.4 is 9.47 Å². The molecular weight excluding hydrogens is 324 g/mol. The van der Waals surface area contributed by atoms with Crippen LogP contribution in [0.15, 0.2) is 36.4 Å². The largest absolute Gasteiger partial charge is 0.493 e. The molecule has 134 valence electrons. The van der Waals surface area contributed by atoms with Crippen LogP contribution in [-0.4, -0.2) is 39.5 Å². The Kier molecular flexibility index (Phi) is 5.66. The number of ether oxygens (including phenoxy) is 4. The molecule has 1 N–H and O–H groups in total. The number of aryl methyl sites for hydroxylation is 1. The summed E-state index contributed by atoms with van der Waals surface area (Å²) in [7, 11) is 6.07. The van der Waals surface area contributed by atoms with Gasteiger partial charge in [0.15, 0.2) is 11.5 Å². The molecule has 6 nitrogen and oxygen atoms in total. The molecule has 0 atom stereocenters. The second kappa shape index (κ2) is 7.55. The minimum Gasteiger partial charge on any atom is -0.493 e. The molecule has 2 aromatic carbocycles. The van der Waals surface area contributed by atoms with E-state index >= 15 is 0 Å². The lowest BCUT2D eigenvalue weighted by Crippen LogP contribution is -2.34. The molecule has 0 bridgehead atoms. The van der Waals surface area contributed by atoms with E-state index in [4.69, 9.17) is 18.9 Å². The van der Waals surface area contributed by atoms with Gasteiger partial charge < -0.3 is 24.1 Å². The summed E-state index contributed by atoms with van der Waals surface area (Å²) in [5, 5.41) is 9.30. The maximum Gasteiger partial charge on any atom is 0.335 e. The zero-order valence-electron chi connectivity index (χ0n) is 15.0. The first-order valence-corrected chi connectivity index (χ1v) is 7.61. The van der Waals surface area contributed by atoms with Gasteiger partial charge in [-0.2, -0.15) is 0 Å². The van der Waals surface area contributed by atoms with E-state index in [1.165, 1.54) is 33.5 Å². The van der Waals surface area contributed by atoms with Gasteiger partial charge in [0.1, 0.15) is 0 Å². The Morgan fingerprint density at radius 2 is 1.68 bits per heavy atom. The highest BCUT2D eigenvalue weighted by atomic mass is 16.7. The van der Waals surface area contributed by atoms with Gasteiger partial charge in [-0.15, -0.1) is 0 Å². The predicted molar refractivity (Wildman–Crippen MR) is 92.5 cm³/mol. The zero-order chi connectivity index (χ0) is 18.6. The van der Waals surface area contributed by atoms with Gasteiger partial charge in [-0.05, 0) is 30.7 Å². The number of benzene rings is 2. The molecule has 0 saturated carbocycles. The average molecular weight is 346 g/mol. The maximum atomic E-state index is 11.4. The van der Waals surface area contributed by atoms with Crippen LogP contribution in [-0.2, 0) is 15.3 Å². The third-order valence-corrected chi connectivity index (χ3v) is 4.15. The van der Waals surface area contributed by atoms with Crippen LogP contribution in [0.5, 0.6) is 11.5 Å². The van der Waals surface area contributed by atoms with Gasteiger partial charge in [0.05, 0.1) is 25.3 Å². The van der Waals surface area contributed by atoms with Gasteiger partial charge in [0.2, 0.25) is 5.79 Å². The second-order valence-corrected chi connectivity index (χ2v) is 5.40. The Balaban J connectivity index is 2.82. The lowest BCUT2D eigenvalue weighted by atomic mass is 9.91. The number of carbonyl (C=O) groups is 1. The molecule has 25 heavy (non-hydrogen) atoms. The van der Waals surface area contributed by atoms with Crippen LogP contribution in [0, 0.1) is 6.92 Å². The monoisotopic (exact) mass is 346 g/mol. The van der Waals surface area contributed by atoms with Crippen molar-refractivity contribution in [3.63, 3.8) is 0 Å². The predicted octanol–water partition coefficient (Wildman–Crippen LogP) is 3.20. The van der Waals surface area contributed by atoms with Crippen molar-refractivity contribution in [2.45, 2.75) is 12.7 Å². The normalized spacial score (nSPS) is 11.2. The van der Waals surface area contributed by atoms with E-state index in [-0.39, 0.29) is 5.56 Å². The summed E-state index contributed by atoms with van der Waals surface area (Å²) in [6.45, 7) is 1.89. The Labute approximate surface area is 146 Å². The Morgan fingerprint density at radius 1 is 1.00 bits per heavy atom. The highest BCUT2D eigenvalue weighted by Crippen LogP contribution is 2.45. The molecular formula is C19H22O6. The number of rotatable bonds is 7. The minimum absolute atomic E-state index is 0.135. The SMILES string of the molecule is COc1ccc(C)c(C(OC)(OC)c2cccc(C(=O)O)c2)c1OC. The van der Waals surface area contributed by atoms with Crippen LogP contribution in [0.25, 0.3) is 0 Å². The maximum absolute atomic E-state index is 11.4. The molecule has 2 rings (SSSR count). The van der Waals surface area contributed by atoms with Crippen molar-refractivity contribution < 1.29 is 28.8 Å². The van der Waals surface area contributed by atoms with Crippen molar-refractivity contribution in [3.05, 3.63) is 58.7 Å². The lowest BCUT2D eigenvalue weighted by molar-refractivity contribution is -0.185. The number of hydrogen-bond acceptors (Lipinski definition) is 5. The van der Waals surface area contributed by atoms with Crippen molar-refractivity contribution in [2.75, 3.05) is 28.4 Å². The van der Waals surface area contributed by atoms with Gasteiger partial charge in [0.25, 0.3) is 0 Å². The van der Waals surface area contributed by atoms with Gasteiger partial charge in [-0.1, -0.05) is 18.2 Å². The van der Waals surface area contributed by atoms with E-state index in [0.717, 1.165) is 5.56 Å². The summed E-state index contributed by atoms with van der Waals surface area (Å²) in [5.74, 6) is -1.39. The molecule has 2 aromatic rings. The first-order valence-electron chi connectivity index (χ1n) is 7.61. The summed E-state index contributed by atoms with van der Waals surface area (Å²) in [6, 6.07) is 10.1. The summed E-state index contributed by atoms with van der Waals surface area (Å²) in [6.07, 6.45) is 0. The first-order chi connectivity index (χ1) is 11.9. The molecule has 0 fully saturated rings. The van der Waals surface area contributed by atoms with Crippen LogP contribution in [0.1, 0.15) is 27.0 Å². The molecule has 0 spiro atoms. The van der Waals surface area contributed by atoms with E-state index in [9.17, 15) is 9.90 Å². The van der Waals surface area contributed by atoms with E-state index < -0.39 is 11.8 Å². The number of methoxy groups -OCH3 is 4. The fourth-order valence-electron chi connectivity index (χ4n) is 2.96. The molecule has 6 heteroatoms. The topological polar surface area (TPSA) is 74.2 Å². The summed E-state index contributed by atoms with van der Waals surface area (Å²) in [4.78, 5) is 11.4. The van der Waals surface area contributed by atoms with Gasteiger partial charge in [-0.25, -0.2) is 4.79 Å². The standard InChI is InChI=1S/C19H22O6/c1-12-9-10-15(22-2)17(23-3)16(12)19(24-4,25-5)14-8-6-7-13(11-14)18(20)21/h6-11H,1-5H3,(H,20,21). The van der Waals surface area contributed by atoms with Crippen LogP contribution in [0.4, 0.5) is 0 Å². The van der Waals surface area contributed by atoms with Crippen LogP contribution >= 0.6 is 0 Å². The highest BCUT2D eigenvalue weighted by Gasteiger charge is 2.40. The molecule has 0 aliphatic rings. The number of hydrogen-bond donors (Lipinski definition) is 1. The van der Waals surface area contributed by atoms with Crippen molar-refractivity contribution in [1.29, 1.82) is 0 Å². The summed E-state index contributed by atoms with van der Waals surface area (Å²) < 4.78 is 22.5. The van der Waals surface area contributed by atoms with Gasteiger partial charge in [-0.3, -0.25) is 0 Å². The summed E-state index contributed by atoms with van der Waals surface area (Å²) >= 11 is 0. The number of carboxylic acids is 1. The Bertz CT molecular complexity index is 765. The fraction of sp³-hybridized carbons (Fsp3) is 0.316. The smallest absolute Gasteiger partial charge is 0.335 e. The Hall–Kier alpha value is -2.57. The average Bonchev–Trinajstić information content (AvgIpc) is 2.64. The molecule has 0 saturated heterocycles. The van der Waals surface area contributed by atoms with E-state index in [1.54, 1.807) is 25.3 Å². The van der Waals surface area contributed by atoms with Crippen molar-refractivity contribution in [3.8, 4) is 11.5 Å². The van der Waals surface area contributed by atoms with E-state index in [2.05, 4.69) is 0 Å². The molecule has 0 heterocycles. The van der Waals surface area contributed by atoms with Crippen molar-refractivity contribution >= 4 is 5.97 Å². The number of carboxylic acid groups (broad SMARTS) is 1. The second-order valence-electron chi connectivity index (χ2n) is 5.40. The Morgan fingerprint density at radius 3 is 2.20 bits per heavy atom. The van der Waals surface area contributed by atoms with E-state index in [1.807, 2.05) is 13.0 Å². The van der Waals surface area contributed by atoms with E-state index in [0.29, 0.717) is 22.6 Å². The first kappa shape index (κ1) is 18.8. The van der Waals surface area contributed by atoms with Crippen LogP contribution in [0.2, 0.25) is 0 Å². The lowest BCUT2D eigenvalue weighted by Gasteiger charge is -2.34. The molecule has 0 aliphatic carbocycles. The molecule has 0 aromatic heterocycles. The van der Waals surface area contributed by atoms with Gasteiger partial charge >= 0.3 is 5.97 Å². The molecule has 0 radical (unpaired) electrons. The fourth-order valence-corrected chi connectivity index (χ4v) is 2.96. The molecule has 0 aliphatic heterocycles. The van der Waals surface area contributed by atoms with Crippen molar-refractivity contribution in [1.82, 2.24) is 0 Å². The quantitative estimate of drug-likeness (QED) is 0.776. The number of aromatic carboxylic acids is 1.